The third-order valence-electron chi connectivity index (χ3n) is 3.15. The van der Waals surface area contributed by atoms with Gasteiger partial charge in [0, 0.05) is 32.8 Å². The topological polar surface area (TPSA) is 43.8 Å². The molecule has 1 heterocycles. The molecule has 1 rings (SSSR count). The van der Waals surface area contributed by atoms with Crippen molar-refractivity contribution >= 4 is 17.7 Å². The zero-order valence-corrected chi connectivity index (χ0v) is 12.4. The number of hydrogen-bond acceptors (Lipinski definition) is 4. The second kappa shape index (κ2) is 8.77. The van der Waals surface area contributed by atoms with Crippen LogP contribution in [0.4, 0.5) is 0 Å². The van der Waals surface area contributed by atoms with Crippen molar-refractivity contribution in [2.45, 2.75) is 31.9 Å². The fourth-order valence-corrected chi connectivity index (χ4v) is 2.66. The monoisotopic (exact) mass is 274 g/mol. The number of carbonyl (C=O) groups is 1. The first-order valence-electron chi connectivity index (χ1n) is 6.86. The van der Waals surface area contributed by atoms with E-state index in [2.05, 4.69) is 18.7 Å². The molecule has 0 aliphatic carbocycles. The van der Waals surface area contributed by atoms with Gasteiger partial charge in [-0.15, -0.1) is 11.8 Å². The highest BCUT2D eigenvalue weighted by molar-refractivity contribution is 8.00. The van der Waals surface area contributed by atoms with Crippen molar-refractivity contribution in [1.29, 1.82) is 0 Å². The molecule has 1 aliphatic rings. The van der Waals surface area contributed by atoms with Crippen LogP contribution in [-0.4, -0.2) is 71.1 Å². The molecule has 106 valence electrons. The highest BCUT2D eigenvalue weighted by atomic mass is 32.2. The number of aliphatic hydroxyl groups excluding tert-OH is 1. The van der Waals surface area contributed by atoms with Crippen LogP contribution in [0.3, 0.4) is 0 Å². The maximum absolute atomic E-state index is 11.9. The number of unbranched alkanes of at least 4 members (excludes halogenated alkanes) is 1. The van der Waals surface area contributed by atoms with Crippen LogP contribution in [0.15, 0.2) is 0 Å². The molecule has 5 heteroatoms. The number of thioether (sulfide) groups is 1. The van der Waals surface area contributed by atoms with Gasteiger partial charge in [0.25, 0.3) is 0 Å². The molecule has 0 aromatic rings. The SMILES string of the molecule is CC(C)SCC(=O)N1CCN(CCCCO)CC1. The number of hydrogen-bond donors (Lipinski definition) is 1. The van der Waals surface area contributed by atoms with Gasteiger partial charge in [0.1, 0.15) is 0 Å². The predicted octanol–water partition coefficient (Wildman–Crippen LogP) is 1.04. The Morgan fingerprint density at radius 3 is 2.44 bits per heavy atom. The fraction of sp³-hybridized carbons (Fsp3) is 0.923. The number of aliphatic hydroxyl groups is 1. The second-order valence-electron chi connectivity index (χ2n) is 5.01. The summed E-state index contributed by atoms with van der Waals surface area (Å²) in [7, 11) is 0. The number of nitrogens with zero attached hydrogens (tertiary/aromatic N) is 2. The van der Waals surface area contributed by atoms with E-state index in [1.807, 2.05) is 4.90 Å². The van der Waals surface area contributed by atoms with Gasteiger partial charge in [0.15, 0.2) is 0 Å². The van der Waals surface area contributed by atoms with Crippen LogP contribution in [-0.2, 0) is 4.79 Å². The summed E-state index contributed by atoms with van der Waals surface area (Å²) in [5.74, 6) is 0.894. The van der Waals surface area contributed by atoms with Crippen molar-refractivity contribution < 1.29 is 9.90 Å². The van der Waals surface area contributed by atoms with Gasteiger partial charge in [-0.2, -0.15) is 0 Å². The molecule has 0 aromatic heterocycles. The minimum absolute atomic E-state index is 0.281. The van der Waals surface area contributed by atoms with Crippen molar-refractivity contribution in [2.75, 3.05) is 45.1 Å². The fourth-order valence-electron chi connectivity index (χ4n) is 2.00. The molecule has 0 radical (unpaired) electrons. The predicted molar refractivity (Wildman–Crippen MR) is 76.9 cm³/mol. The smallest absolute Gasteiger partial charge is 0.232 e. The summed E-state index contributed by atoms with van der Waals surface area (Å²) in [6, 6.07) is 0. The van der Waals surface area contributed by atoms with Crippen LogP contribution >= 0.6 is 11.8 Å². The largest absolute Gasteiger partial charge is 0.396 e. The van der Waals surface area contributed by atoms with E-state index in [1.165, 1.54) is 0 Å². The summed E-state index contributed by atoms with van der Waals surface area (Å²) in [6.45, 7) is 9.24. The molecular formula is C13H26N2O2S. The highest BCUT2D eigenvalue weighted by Crippen LogP contribution is 2.11. The molecule has 1 N–H and O–H groups in total. The first-order valence-corrected chi connectivity index (χ1v) is 7.91. The van der Waals surface area contributed by atoms with E-state index in [1.54, 1.807) is 11.8 Å². The van der Waals surface area contributed by atoms with E-state index in [0.29, 0.717) is 11.0 Å². The Morgan fingerprint density at radius 1 is 1.22 bits per heavy atom. The Morgan fingerprint density at radius 2 is 1.89 bits per heavy atom. The maximum atomic E-state index is 11.9. The molecule has 4 nitrogen and oxygen atoms in total. The number of carbonyl (C=O) groups excluding carboxylic acids is 1. The minimum atomic E-state index is 0.281. The summed E-state index contributed by atoms with van der Waals surface area (Å²) >= 11 is 1.72. The van der Waals surface area contributed by atoms with Crippen LogP contribution < -0.4 is 0 Å². The number of rotatable bonds is 7. The standard InChI is InChI=1S/C13H26N2O2S/c1-12(2)18-11-13(17)15-8-6-14(7-9-15)5-3-4-10-16/h12,16H,3-11H2,1-2H3. The summed E-state index contributed by atoms with van der Waals surface area (Å²) in [5, 5.41) is 9.26. The number of piperazine rings is 1. The van der Waals surface area contributed by atoms with Crippen molar-refractivity contribution in [3.63, 3.8) is 0 Å². The molecule has 0 saturated carbocycles. The van der Waals surface area contributed by atoms with Crippen molar-refractivity contribution in [2.24, 2.45) is 0 Å². The molecule has 1 fully saturated rings. The van der Waals surface area contributed by atoms with Gasteiger partial charge >= 0.3 is 0 Å². The molecular weight excluding hydrogens is 248 g/mol. The van der Waals surface area contributed by atoms with E-state index in [9.17, 15) is 4.79 Å². The van der Waals surface area contributed by atoms with E-state index < -0.39 is 0 Å². The Balaban J connectivity index is 2.16. The Labute approximate surface area is 115 Å². The van der Waals surface area contributed by atoms with E-state index >= 15 is 0 Å². The third-order valence-corrected chi connectivity index (χ3v) is 4.23. The summed E-state index contributed by atoms with van der Waals surface area (Å²) in [4.78, 5) is 16.3. The zero-order chi connectivity index (χ0) is 13.4. The Bertz CT molecular complexity index is 241. The molecule has 0 aromatic carbocycles. The minimum Gasteiger partial charge on any atom is -0.396 e. The molecule has 0 atom stereocenters. The molecule has 18 heavy (non-hydrogen) atoms. The average Bonchev–Trinajstić information content (AvgIpc) is 2.37. The lowest BCUT2D eigenvalue weighted by Gasteiger charge is -2.34. The first-order chi connectivity index (χ1) is 8.63. The first kappa shape index (κ1) is 15.8. The lowest BCUT2D eigenvalue weighted by atomic mass is 10.2. The lowest BCUT2D eigenvalue weighted by molar-refractivity contribution is -0.130. The summed E-state index contributed by atoms with van der Waals surface area (Å²) in [6.07, 6.45) is 1.93. The van der Waals surface area contributed by atoms with E-state index in [0.717, 1.165) is 45.6 Å². The van der Waals surface area contributed by atoms with Crippen LogP contribution in [0, 0.1) is 0 Å². The van der Waals surface area contributed by atoms with Gasteiger partial charge in [-0.1, -0.05) is 13.8 Å². The van der Waals surface area contributed by atoms with Gasteiger partial charge in [0.05, 0.1) is 5.75 Å². The molecule has 1 aliphatic heterocycles. The van der Waals surface area contributed by atoms with Gasteiger partial charge in [-0.05, 0) is 24.6 Å². The molecule has 1 saturated heterocycles. The normalized spacial score (nSPS) is 17.4. The Kier molecular flexibility index (Phi) is 7.70. The summed E-state index contributed by atoms with van der Waals surface area (Å²) in [5.41, 5.74) is 0. The van der Waals surface area contributed by atoms with Crippen LogP contribution in [0.2, 0.25) is 0 Å². The van der Waals surface area contributed by atoms with Crippen LogP contribution in [0.25, 0.3) is 0 Å². The van der Waals surface area contributed by atoms with Crippen LogP contribution in [0.1, 0.15) is 26.7 Å². The van der Waals surface area contributed by atoms with Crippen LogP contribution in [0.5, 0.6) is 0 Å². The second-order valence-corrected chi connectivity index (χ2v) is 6.58. The Hall–Kier alpha value is -0.260. The van der Waals surface area contributed by atoms with Crippen molar-refractivity contribution in [1.82, 2.24) is 9.80 Å². The average molecular weight is 274 g/mol. The summed E-state index contributed by atoms with van der Waals surface area (Å²) < 4.78 is 0. The quantitative estimate of drug-likeness (QED) is 0.705. The third kappa shape index (κ3) is 6.07. The lowest BCUT2D eigenvalue weighted by Crippen LogP contribution is -2.49. The van der Waals surface area contributed by atoms with Gasteiger partial charge < -0.3 is 10.0 Å². The highest BCUT2D eigenvalue weighted by Gasteiger charge is 2.20. The van der Waals surface area contributed by atoms with E-state index in [-0.39, 0.29) is 12.5 Å². The van der Waals surface area contributed by atoms with Gasteiger partial charge in [-0.3, -0.25) is 9.69 Å². The number of amides is 1. The van der Waals surface area contributed by atoms with E-state index in [4.69, 9.17) is 5.11 Å². The molecule has 1 amide bonds. The van der Waals surface area contributed by atoms with Crippen molar-refractivity contribution in [3.05, 3.63) is 0 Å². The maximum Gasteiger partial charge on any atom is 0.232 e. The molecule has 0 bridgehead atoms. The van der Waals surface area contributed by atoms with Gasteiger partial charge in [0.2, 0.25) is 5.91 Å². The van der Waals surface area contributed by atoms with Gasteiger partial charge in [-0.25, -0.2) is 0 Å². The zero-order valence-electron chi connectivity index (χ0n) is 11.6. The molecule has 0 unspecified atom stereocenters. The molecule has 0 spiro atoms. The van der Waals surface area contributed by atoms with Crippen molar-refractivity contribution in [3.8, 4) is 0 Å².